The van der Waals surface area contributed by atoms with Crippen LogP contribution in [0.25, 0.3) is 11.1 Å². The molecule has 2 aromatic rings. The number of hydrogen-bond donors (Lipinski definition) is 2. The van der Waals surface area contributed by atoms with Gasteiger partial charge in [-0.25, -0.2) is 8.42 Å². The summed E-state index contributed by atoms with van der Waals surface area (Å²) in [6.45, 7) is 3.41. The van der Waals surface area contributed by atoms with E-state index in [9.17, 15) is 18.0 Å². The molecule has 0 aliphatic carbocycles. The summed E-state index contributed by atoms with van der Waals surface area (Å²) < 4.78 is 24.7. The molecule has 0 spiro atoms. The molecule has 0 aliphatic heterocycles. The normalized spacial score (nSPS) is 11.0. The molecule has 0 atom stereocenters. The minimum Gasteiger partial charge on any atom is -0.366 e. The van der Waals surface area contributed by atoms with Gasteiger partial charge in [0.15, 0.2) is 9.84 Å². The number of benzene rings is 2. The molecule has 0 unspecified atom stereocenters. The van der Waals surface area contributed by atoms with Crippen molar-refractivity contribution in [1.82, 2.24) is 0 Å². The molecule has 0 bridgehead atoms. The molecule has 2 amide bonds. The first-order valence-electron chi connectivity index (χ1n) is 6.94. The van der Waals surface area contributed by atoms with E-state index in [1.807, 2.05) is 0 Å². The van der Waals surface area contributed by atoms with Crippen molar-refractivity contribution in [3.8, 4) is 11.1 Å². The van der Waals surface area contributed by atoms with Gasteiger partial charge in [0, 0.05) is 5.56 Å². The minimum absolute atomic E-state index is 0.0747. The summed E-state index contributed by atoms with van der Waals surface area (Å²) in [5.41, 5.74) is 12.0. The quantitative estimate of drug-likeness (QED) is 0.772. The van der Waals surface area contributed by atoms with Crippen LogP contribution in [-0.2, 0) is 9.84 Å². The zero-order valence-corrected chi connectivity index (χ0v) is 13.5. The fraction of sp³-hybridized carbons (Fsp3) is 0.0588. The van der Waals surface area contributed by atoms with Crippen molar-refractivity contribution in [3.05, 3.63) is 66.2 Å². The van der Waals surface area contributed by atoms with Crippen molar-refractivity contribution < 1.29 is 18.0 Å². The molecule has 0 aliphatic rings. The Hall–Kier alpha value is -2.93. The molecule has 0 heterocycles. The molecular formula is C17H16N2O4S. The topological polar surface area (TPSA) is 120 Å². The maximum absolute atomic E-state index is 12.3. The maximum Gasteiger partial charge on any atom is 0.250 e. The molecule has 6 nitrogen and oxygen atoms in total. The lowest BCUT2D eigenvalue weighted by molar-refractivity contribution is 0.0990. The molecule has 0 saturated heterocycles. The lowest BCUT2D eigenvalue weighted by atomic mass is 10.0. The van der Waals surface area contributed by atoms with E-state index in [0.29, 0.717) is 16.7 Å². The van der Waals surface area contributed by atoms with E-state index in [0.717, 1.165) is 0 Å². The molecule has 4 N–H and O–H groups in total. The van der Waals surface area contributed by atoms with Gasteiger partial charge in [-0.3, -0.25) is 9.59 Å². The average molecular weight is 344 g/mol. The van der Waals surface area contributed by atoms with Crippen LogP contribution in [0.15, 0.2) is 60.0 Å². The molecular weight excluding hydrogens is 328 g/mol. The molecule has 7 heteroatoms. The number of primary amides is 2. The predicted molar refractivity (Wildman–Crippen MR) is 91.2 cm³/mol. The number of carbonyl (C=O) groups is 2. The molecule has 0 aromatic heterocycles. The van der Waals surface area contributed by atoms with Gasteiger partial charge in [0.25, 0.3) is 0 Å². The molecule has 0 fully saturated rings. The van der Waals surface area contributed by atoms with E-state index in [4.69, 9.17) is 11.5 Å². The van der Waals surface area contributed by atoms with Crippen LogP contribution in [0.1, 0.15) is 20.7 Å². The van der Waals surface area contributed by atoms with Gasteiger partial charge >= 0.3 is 0 Å². The Morgan fingerprint density at radius 3 is 2.04 bits per heavy atom. The van der Waals surface area contributed by atoms with Crippen LogP contribution in [0.3, 0.4) is 0 Å². The van der Waals surface area contributed by atoms with Gasteiger partial charge in [-0.05, 0) is 35.4 Å². The van der Waals surface area contributed by atoms with E-state index in [-0.39, 0.29) is 16.2 Å². The fourth-order valence-corrected chi connectivity index (χ4v) is 3.53. The summed E-state index contributed by atoms with van der Waals surface area (Å²) in [6, 6.07) is 10.7. The third kappa shape index (κ3) is 3.52. The van der Waals surface area contributed by atoms with Crippen molar-refractivity contribution in [2.75, 3.05) is 5.75 Å². The Bertz CT molecular complexity index is 916. The Morgan fingerprint density at radius 1 is 0.958 bits per heavy atom. The predicted octanol–water partition coefficient (Wildman–Crippen LogP) is 1.51. The second-order valence-electron chi connectivity index (χ2n) is 5.09. The van der Waals surface area contributed by atoms with Crippen LogP contribution < -0.4 is 11.5 Å². The van der Waals surface area contributed by atoms with Gasteiger partial charge in [-0.15, -0.1) is 6.58 Å². The van der Waals surface area contributed by atoms with Crippen LogP contribution >= 0.6 is 0 Å². The largest absolute Gasteiger partial charge is 0.366 e. The van der Waals surface area contributed by atoms with Crippen molar-refractivity contribution in [2.24, 2.45) is 11.5 Å². The second kappa shape index (κ2) is 6.67. The monoisotopic (exact) mass is 344 g/mol. The third-order valence-electron chi connectivity index (χ3n) is 3.42. The Kier molecular flexibility index (Phi) is 4.85. The van der Waals surface area contributed by atoms with E-state index >= 15 is 0 Å². The highest BCUT2D eigenvalue weighted by atomic mass is 32.2. The van der Waals surface area contributed by atoms with E-state index in [2.05, 4.69) is 6.58 Å². The lowest BCUT2D eigenvalue weighted by Gasteiger charge is -2.10. The van der Waals surface area contributed by atoms with Crippen LogP contribution in [0, 0.1) is 0 Å². The van der Waals surface area contributed by atoms with E-state index in [1.54, 1.807) is 18.2 Å². The van der Waals surface area contributed by atoms with Gasteiger partial charge in [0.2, 0.25) is 11.8 Å². The number of nitrogens with two attached hydrogens (primary N) is 2. The first kappa shape index (κ1) is 17.4. The highest BCUT2D eigenvalue weighted by molar-refractivity contribution is 7.91. The summed E-state index contributed by atoms with van der Waals surface area (Å²) in [5.74, 6) is -1.69. The number of sulfone groups is 1. The van der Waals surface area contributed by atoms with Gasteiger partial charge in [-0.1, -0.05) is 24.3 Å². The summed E-state index contributed by atoms with van der Waals surface area (Å²) in [5, 5.41) is 0. The number of amides is 2. The number of hydrogen-bond acceptors (Lipinski definition) is 4. The minimum atomic E-state index is -3.73. The van der Waals surface area contributed by atoms with Crippen molar-refractivity contribution in [2.45, 2.75) is 4.90 Å². The Balaban J connectivity index is 2.59. The van der Waals surface area contributed by atoms with Crippen molar-refractivity contribution >= 4 is 21.7 Å². The number of carbonyl (C=O) groups excluding carboxylic acids is 2. The highest BCUT2D eigenvalue weighted by Crippen LogP contribution is 2.26. The zero-order chi connectivity index (χ0) is 17.9. The van der Waals surface area contributed by atoms with Gasteiger partial charge in [-0.2, -0.15) is 0 Å². The number of rotatable bonds is 6. The molecule has 2 aromatic carbocycles. The Morgan fingerprint density at radius 2 is 1.54 bits per heavy atom. The second-order valence-corrected chi connectivity index (χ2v) is 7.09. The summed E-state index contributed by atoms with van der Waals surface area (Å²) in [6.07, 6.45) is 1.24. The van der Waals surface area contributed by atoms with E-state index in [1.165, 1.54) is 30.3 Å². The average Bonchev–Trinajstić information content (AvgIpc) is 2.54. The summed E-state index contributed by atoms with van der Waals surface area (Å²) in [4.78, 5) is 22.5. The Labute approximate surface area is 139 Å². The first-order valence-corrected chi connectivity index (χ1v) is 8.59. The van der Waals surface area contributed by atoms with Crippen LogP contribution in [0.2, 0.25) is 0 Å². The molecule has 2 rings (SSSR count). The van der Waals surface area contributed by atoms with Crippen molar-refractivity contribution in [1.29, 1.82) is 0 Å². The smallest absolute Gasteiger partial charge is 0.250 e. The first-order chi connectivity index (χ1) is 11.3. The standard InChI is InChI=1S/C17H16N2O4S/c1-2-9-24(22,23)15-10-13(7-8-14(15)17(19)21)11-3-5-12(6-4-11)16(18)20/h2-8,10H,1,9H2,(H2,18,20)(H2,19,21). The fourth-order valence-electron chi connectivity index (χ4n) is 2.23. The third-order valence-corrected chi connectivity index (χ3v) is 5.10. The zero-order valence-electron chi connectivity index (χ0n) is 12.7. The summed E-state index contributed by atoms with van der Waals surface area (Å²) in [7, 11) is -3.73. The van der Waals surface area contributed by atoms with Gasteiger partial charge in [0.1, 0.15) is 0 Å². The molecule has 24 heavy (non-hydrogen) atoms. The maximum atomic E-state index is 12.3. The van der Waals surface area contributed by atoms with Crippen molar-refractivity contribution in [3.63, 3.8) is 0 Å². The summed E-state index contributed by atoms with van der Waals surface area (Å²) >= 11 is 0. The molecule has 0 radical (unpaired) electrons. The molecule has 0 saturated carbocycles. The van der Waals surface area contributed by atoms with Gasteiger partial charge in [0.05, 0.1) is 16.2 Å². The van der Waals surface area contributed by atoms with Gasteiger partial charge < -0.3 is 11.5 Å². The van der Waals surface area contributed by atoms with Crippen LogP contribution in [0.4, 0.5) is 0 Å². The van der Waals surface area contributed by atoms with Crippen LogP contribution in [0.5, 0.6) is 0 Å². The SMILES string of the molecule is C=CCS(=O)(=O)c1cc(-c2ccc(C(N)=O)cc2)ccc1C(N)=O. The van der Waals surface area contributed by atoms with E-state index < -0.39 is 21.7 Å². The van der Waals surface area contributed by atoms with Crippen LogP contribution in [-0.4, -0.2) is 26.0 Å². The lowest BCUT2D eigenvalue weighted by Crippen LogP contribution is -2.17. The highest BCUT2D eigenvalue weighted by Gasteiger charge is 2.21. The molecule has 124 valence electrons.